The van der Waals surface area contributed by atoms with E-state index in [1.807, 2.05) is 18.2 Å². The third-order valence-electron chi connectivity index (χ3n) is 3.84. The lowest BCUT2D eigenvalue weighted by atomic mass is 10.1. The average molecular weight is 260 g/mol. The Labute approximate surface area is 113 Å². The molecule has 1 saturated carbocycles. The fourth-order valence-electron chi connectivity index (χ4n) is 2.50. The van der Waals surface area contributed by atoms with E-state index >= 15 is 0 Å². The quantitative estimate of drug-likeness (QED) is 0.865. The SMILES string of the molecule is CC(Oc1ccc2c(c1)CCC2N)C(=O)NC1CC1. The van der Waals surface area contributed by atoms with Gasteiger partial charge < -0.3 is 15.8 Å². The summed E-state index contributed by atoms with van der Waals surface area (Å²) >= 11 is 0. The van der Waals surface area contributed by atoms with Crippen LogP contribution in [0.4, 0.5) is 0 Å². The number of benzene rings is 1. The molecule has 102 valence electrons. The molecule has 0 saturated heterocycles. The second kappa shape index (κ2) is 4.85. The van der Waals surface area contributed by atoms with Gasteiger partial charge in [-0.1, -0.05) is 6.07 Å². The van der Waals surface area contributed by atoms with Crippen LogP contribution in [0.5, 0.6) is 5.75 Å². The number of aryl methyl sites for hydroxylation is 1. The zero-order valence-electron chi connectivity index (χ0n) is 11.2. The van der Waals surface area contributed by atoms with E-state index in [4.69, 9.17) is 10.5 Å². The Kier molecular flexibility index (Phi) is 3.19. The molecule has 1 fully saturated rings. The Morgan fingerprint density at radius 1 is 1.42 bits per heavy atom. The first-order valence-corrected chi connectivity index (χ1v) is 6.99. The van der Waals surface area contributed by atoms with E-state index in [2.05, 4.69) is 5.32 Å². The van der Waals surface area contributed by atoms with Crippen LogP contribution in [0.1, 0.15) is 43.4 Å². The van der Waals surface area contributed by atoms with Crippen molar-refractivity contribution in [1.82, 2.24) is 5.32 Å². The van der Waals surface area contributed by atoms with Crippen LogP contribution in [0.25, 0.3) is 0 Å². The van der Waals surface area contributed by atoms with E-state index in [1.54, 1.807) is 6.92 Å². The molecule has 2 aliphatic rings. The molecule has 3 rings (SSSR count). The van der Waals surface area contributed by atoms with Gasteiger partial charge in [-0.2, -0.15) is 0 Å². The number of nitrogens with one attached hydrogen (secondary N) is 1. The molecule has 1 amide bonds. The van der Waals surface area contributed by atoms with Crippen molar-refractivity contribution in [3.05, 3.63) is 29.3 Å². The summed E-state index contributed by atoms with van der Waals surface area (Å²) in [6.45, 7) is 1.79. The minimum absolute atomic E-state index is 0.0281. The van der Waals surface area contributed by atoms with Crippen LogP contribution < -0.4 is 15.8 Å². The van der Waals surface area contributed by atoms with Crippen molar-refractivity contribution in [2.24, 2.45) is 5.73 Å². The Morgan fingerprint density at radius 3 is 2.95 bits per heavy atom. The Hall–Kier alpha value is -1.55. The van der Waals surface area contributed by atoms with Crippen LogP contribution in [-0.4, -0.2) is 18.1 Å². The molecule has 4 nitrogen and oxygen atoms in total. The molecule has 0 aromatic heterocycles. The molecular weight excluding hydrogens is 240 g/mol. The molecule has 2 aliphatic carbocycles. The van der Waals surface area contributed by atoms with Gasteiger partial charge in [-0.3, -0.25) is 4.79 Å². The number of carbonyl (C=O) groups is 1. The van der Waals surface area contributed by atoms with Crippen LogP contribution in [0.2, 0.25) is 0 Å². The summed E-state index contributed by atoms with van der Waals surface area (Å²) in [6.07, 6.45) is 3.73. The fraction of sp³-hybridized carbons (Fsp3) is 0.533. The summed E-state index contributed by atoms with van der Waals surface area (Å²) in [5, 5.41) is 2.95. The topological polar surface area (TPSA) is 64.3 Å². The van der Waals surface area contributed by atoms with E-state index in [9.17, 15) is 4.79 Å². The van der Waals surface area contributed by atoms with Gasteiger partial charge in [0.2, 0.25) is 0 Å². The first-order chi connectivity index (χ1) is 9.13. The van der Waals surface area contributed by atoms with Crippen LogP contribution in [0, 0.1) is 0 Å². The van der Waals surface area contributed by atoms with Gasteiger partial charge in [-0.15, -0.1) is 0 Å². The number of carbonyl (C=O) groups excluding carboxylic acids is 1. The van der Waals surface area contributed by atoms with Crippen LogP contribution >= 0.6 is 0 Å². The van der Waals surface area contributed by atoms with Gasteiger partial charge >= 0.3 is 0 Å². The lowest BCUT2D eigenvalue weighted by Gasteiger charge is -2.15. The van der Waals surface area contributed by atoms with Gasteiger partial charge in [0.05, 0.1) is 0 Å². The normalized spacial score (nSPS) is 22.7. The zero-order chi connectivity index (χ0) is 13.4. The number of nitrogens with two attached hydrogens (primary N) is 1. The van der Waals surface area contributed by atoms with Crippen molar-refractivity contribution in [3.8, 4) is 5.75 Å². The van der Waals surface area contributed by atoms with E-state index in [0.717, 1.165) is 31.4 Å². The summed E-state index contributed by atoms with van der Waals surface area (Å²) in [4.78, 5) is 11.8. The van der Waals surface area contributed by atoms with Gasteiger partial charge in [0.25, 0.3) is 5.91 Å². The first kappa shape index (κ1) is 12.5. The molecule has 0 heterocycles. The highest BCUT2D eigenvalue weighted by Gasteiger charge is 2.26. The van der Waals surface area contributed by atoms with E-state index < -0.39 is 6.10 Å². The molecule has 4 heteroatoms. The van der Waals surface area contributed by atoms with Gasteiger partial charge in [0.1, 0.15) is 5.75 Å². The van der Waals surface area contributed by atoms with Gasteiger partial charge in [0.15, 0.2) is 6.10 Å². The van der Waals surface area contributed by atoms with Gasteiger partial charge in [0, 0.05) is 12.1 Å². The summed E-state index contributed by atoms with van der Waals surface area (Å²) < 4.78 is 5.71. The average Bonchev–Trinajstić information content (AvgIpc) is 3.13. The maximum atomic E-state index is 11.8. The van der Waals surface area contributed by atoms with Crippen molar-refractivity contribution >= 4 is 5.91 Å². The van der Waals surface area contributed by atoms with Crippen molar-refractivity contribution in [3.63, 3.8) is 0 Å². The zero-order valence-corrected chi connectivity index (χ0v) is 11.2. The predicted octanol–water partition coefficient (Wildman–Crippen LogP) is 1.68. The lowest BCUT2D eigenvalue weighted by Crippen LogP contribution is -2.37. The highest BCUT2D eigenvalue weighted by molar-refractivity contribution is 5.81. The predicted molar refractivity (Wildman–Crippen MR) is 72.9 cm³/mol. The summed E-state index contributed by atoms with van der Waals surface area (Å²) in [7, 11) is 0. The van der Waals surface area contributed by atoms with E-state index in [0.29, 0.717) is 6.04 Å². The standard InChI is InChI=1S/C15H20N2O2/c1-9(15(18)17-11-3-4-11)19-12-5-6-13-10(8-12)2-7-14(13)16/h5-6,8-9,11,14H,2-4,7,16H2,1H3,(H,17,18). The highest BCUT2D eigenvalue weighted by Crippen LogP contribution is 2.32. The second-order valence-electron chi connectivity index (χ2n) is 5.55. The number of rotatable bonds is 4. The third-order valence-corrected chi connectivity index (χ3v) is 3.84. The fourth-order valence-corrected chi connectivity index (χ4v) is 2.50. The van der Waals surface area contributed by atoms with Crippen molar-refractivity contribution in [2.45, 2.75) is 50.8 Å². The molecule has 3 N–H and O–H groups in total. The van der Waals surface area contributed by atoms with E-state index in [1.165, 1.54) is 11.1 Å². The number of hydrogen-bond acceptors (Lipinski definition) is 3. The summed E-state index contributed by atoms with van der Waals surface area (Å²) in [6, 6.07) is 6.47. The first-order valence-electron chi connectivity index (χ1n) is 6.99. The molecule has 0 spiro atoms. The molecule has 2 atom stereocenters. The third kappa shape index (κ3) is 2.73. The monoisotopic (exact) mass is 260 g/mol. The maximum Gasteiger partial charge on any atom is 0.260 e. The van der Waals surface area contributed by atoms with Crippen molar-refractivity contribution in [2.75, 3.05) is 0 Å². The Balaban J connectivity index is 1.64. The molecule has 1 aromatic carbocycles. The molecule has 1 aromatic rings. The molecule has 0 radical (unpaired) electrons. The molecular formula is C15H20N2O2. The lowest BCUT2D eigenvalue weighted by molar-refractivity contribution is -0.127. The number of fused-ring (bicyclic) bond motifs is 1. The molecule has 19 heavy (non-hydrogen) atoms. The molecule has 0 bridgehead atoms. The second-order valence-corrected chi connectivity index (χ2v) is 5.55. The number of amides is 1. The largest absolute Gasteiger partial charge is 0.481 e. The van der Waals surface area contributed by atoms with Gasteiger partial charge in [-0.05, 0) is 55.9 Å². The molecule has 0 aliphatic heterocycles. The minimum atomic E-state index is -0.450. The van der Waals surface area contributed by atoms with E-state index in [-0.39, 0.29) is 11.9 Å². The highest BCUT2D eigenvalue weighted by atomic mass is 16.5. The van der Waals surface area contributed by atoms with Crippen molar-refractivity contribution < 1.29 is 9.53 Å². The molecule has 2 unspecified atom stereocenters. The number of hydrogen-bond donors (Lipinski definition) is 2. The Bertz CT molecular complexity index is 497. The van der Waals surface area contributed by atoms with Crippen LogP contribution in [-0.2, 0) is 11.2 Å². The Morgan fingerprint density at radius 2 is 2.21 bits per heavy atom. The van der Waals surface area contributed by atoms with Gasteiger partial charge in [-0.25, -0.2) is 0 Å². The maximum absolute atomic E-state index is 11.8. The van der Waals surface area contributed by atoms with Crippen molar-refractivity contribution in [1.29, 1.82) is 0 Å². The number of ether oxygens (including phenoxy) is 1. The summed E-state index contributed by atoms with van der Waals surface area (Å²) in [5.41, 5.74) is 8.46. The summed E-state index contributed by atoms with van der Waals surface area (Å²) in [5.74, 6) is 0.728. The minimum Gasteiger partial charge on any atom is -0.481 e. The van der Waals surface area contributed by atoms with Crippen LogP contribution in [0.15, 0.2) is 18.2 Å². The van der Waals surface area contributed by atoms with Crippen LogP contribution in [0.3, 0.4) is 0 Å². The smallest absolute Gasteiger partial charge is 0.260 e.